The topological polar surface area (TPSA) is 104 Å². The molecule has 1 N–H and O–H groups in total. The van der Waals surface area contributed by atoms with Crippen LogP contribution in [0.1, 0.15) is 44.0 Å². The van der Waals surface area contributed by atoms with Gasteiger partial charge >= 0.3 is 11.9 Å². The molecule has 9 nitrogen and oxygen atoms in total. The van der Waals surface area contributed by atoms with E-state index in [0.29, 0.717) is 11.4 Å². The average molecular weight is 416 g/mol. The van der Waals surface area contributed by atoms with Crippen LogP contribution in [0.25, 0.3) is 0 Å². The third kappa shape index (κ3) is 4.54. The molecule has 3 rings (SSSR count). The Bertz CT molecular complexity index is 1080. The molecule has 0 saturated carbocycles. The Hall–Kier alpha value is -3.40. The number of carbonyl (C=O) groups excluding carboxylic acids is 3. The molecule has 1 amide bonds. The molecule has 0 aliphatic heterocycles. The van der Waals surface area contributed by atoms with Crippen molar-refractivity contribution < 1.29 is 23.9 Å². The van der Waals surface area contributed by atoms with Crippen molar-refractivity contribution in [1.82, 2.24) is 14.1 Å². The van der Waals surface area contributed by atoms with Crippen LogP contribution in [0.4, 0.5) is 5.69 Å². The van der Waals surface area contributed by atoms with Gasteiger partial charge in [-0.05, 0) is 31.5 Å². The van der Waals surface area contributed by atoms with E-state index in [1.807, 2.05) is 13.1 Å². The van der Waals surface area contributed by atoms with Gasteiger partial charge in [0.05, 0.1) is 12.3 Å². The second-order valence-corrected chi connectivity index (χ2v) is 7.12. The number of esters is 2. The summed E-state index contributed by atoms with van der Waals surface area (Å²) in [7, 11) is 3.44. The number of aromatic nitrogens is 3. The highest BCUT2D eigenvalue weighted by Gasteiger charge is 2.19. The van der Waals surface area contributed by atoms with Gasteiger partial charge in [0.25, 0.3) is 11.1 Å². The number of hydrogen-bond acceptors (Lipinski definition) is 7. The fourth-order valence-corrected chi connectivity index (χ4v) is 3.36. The third-order valence-corrected chi connectivity index (χ3v) is 4.71. The summed E-state index contributed by atoms with van der Waals surface area (Å²) in [6.45, 7) is 3.82. The minimum absolute atomic E-state index is 0.0316. The molecular weight excluding hydrogens is 396 g/mol. The lowest BCUT2D eigenvalue weighted by Gasteiger charge is -2.03. The molecule has 3 heterocycles. The van der Waals surface area contributed by atoms with Crippen LogP contribution < -0.4 is 10.1 Å². The van der Waals surface area contributed by atoms with E-state index in [2.05, 4.69) is 10.3 Å². The SMILES string of the molecule is CCOC(=O)c1csc(OC(=O)c2cc(NC(=O)c3cc(C)cn3C)cn2C)n1. The first kappa shape index (κ1) is 20.3. The summed E-state index contributed by atoms with van der Waals surface area (Å²) in [6.07, 6.45) is 3.46. The Labute approximate surface area is 170 Å². The zero-order valence-electron chi connectivity index (χ0n) is 16.4. The predicted octanol–water partition coefficient (Wildman–Crippen LogP) is 2.78. The van der Waals surface area contributed by atoms with Crippen LogP contribution in [0.5, 0.6) is 5.19 Å². The number of thiazole rings is 1. The first-order valence-corrected chi connectivity index (χ1v) is 9.62. The van der Waals surface area contributed by atoms with Crippen LogP contribution in [0.2, 0.25) is 0 Å². The van der Waals surface area contributed by atoms with Crippen molar-refractivity contribution in [2.75, 3.05) is 11.9 Å². The number of nitrogens with zero attached hydrogens (tertiary/aromatic N) is 3. The Morgan fingerprint density at radius 3 is 2.48 bits per heavy atom. The maximum Gasteiger partial charge on any atom is 0.362 e. The van der Waals surface area contributed by atoms with Crippen molar-refractivity contribution in [3.8, 4) is 5.19 Å². The summed E-state index contributed by atoms with van der Waals surface area (Å²) in [5, 5.41) is 4.25. The Morgan fingerprint density at radius 1 is 1.10 bits per heavy atom. The number of aryl methyl sites for hydroxylation is 3. The van der Waals surface area contributed by atoms with Gasteiger partial charge in [0.2, 0.25) is 0 Å². The summed E-state index contributed by atoms with van der Waals surface area (Å²) in [5.41, 5.74) is 2.23. The van der Waals surface area contributed by atoms with Gasteiger partial charge in [0.15, 0.2) is 5.69 Å². The fraction of sp³-hybridized carbons (Fsp3) is 0.263. The van der Waals surface area contributed by atoms with Crippen molar-refractivity contribution in [3.05, 3.63) is 52.6 Å². The van der Waals surface area contributed by atoms with Gasteiger partial charge in [-0.2, -0.15) is 4.98 Å². The van der Waals surface area contributed by atoms with E-state index in [9.17, 15) is 14.4 Å². The van der Waals surface area contributed by atoms with Gasteiger partial charge in [0.1, 0.15) is 11.4 Å². The average Bonchev–Trinajstić information content (AvgIpc) is 3.34. The fourth-order valence-electron chi connectivity index (χ4n) is 2.72. The summed E-state index contributed by atoms with van der Waals surface area (Å²) in [5.74, 6) is -1.52. The molecule has 0 spiro atoms. The Morgan fingerprint density at radius 2 is 1.83 bits per heavy atom. The van der Waals surface area contributed by atoms with Crippen LogP contribution in [0.15, 0.2) is 29.9 Å². The molecular formula is C19H20N4O5S. The lowest BCUT2D eigenvalue weighted by atomic mass is 10.3. The van der Waals surface area contributed by atoms with Gasteiger partial charge in [-0.1, -0.05) is 11.3 Å². The van der Waals surface area contributed by atoms with Gasteiger partial charge in [-0.3, -0.25) is 4.79 Å². The number of nitrogens with one attached hydrogen (secondary N) is 1. The summed E-state index contributed by atoms with van der Waals surface area (Å²) < 4.78 is 13.4. The van der Waals surface area contributed by atoms with Gasteiger partial charge in [0, 0.05) is 31.9 Å². The molecule has 0 aliphatic carbocycles. The number of anilines is 1. The minimum atomic E-state index is -0.660. The quantitative estimate of drug-likeness (QED) is 0.620. The van der Waals surface area contributed by atoms with Crippen LogP contribution in [0, 0.1) is 6.92 Å². The van der Waals surface area contributed by atoms with Crippen molar-refractivity contribution in [2.24, 2.45) is 14.1 Å². The number of ether oxygens (including phenoxy) is 2. The van der Waals surface area contributed by atoms with Gasteiger partial charge in [-0.15, -0.1) is 0 Å². The second-order valence-electron chi connectivity index (χ2n) is 6.30. The lowest BCUT2D eigenvalue weighted by molar-refractivity contribution is 0.0517. The number of rotatable bonds is 6. The number of hydrogen-bond donors (Lipinski definition) is 1. The van der Waals surface area contributed by atoms with E-state index >= 15 is 0 Å². The lowest BCUT2D eigenvalue weighted by Crippen LogP contribution is -2.15. The monoisotopic (exact) mass is 416 g/mol. The molecule has 0 aromatic carbocycles. The summed E-state index contributed by atoms with van der Waals surface area (Å²) >= 11 is 1.01. The second kappa shape index (κ2) is 8.31. The molecule has 3 aromatic heterocycles. The van der Waals surface area contributed by atoms with Crippen molar-refractivity contribution in [2.45, 2.75) is 13.8 Å². The van der Waals surface area contributed by atoms with Crippen molar-refractivity contribution >= 4 is 34.9 Å². The summed E-state index contributed by atoms with van der Waals surface area (Å²) in [4.78, 5) is 40.5. The van der Waals surface area contributed by atoms with Crippen molar-refractivity contribution in [3.63, 3.8) is 0 Å². The predicted molar refractivity (Wildman–Crippen MR) is 107 cm³/mol. The largest absolute Gasteiger partial charge is 0.461 e. The Balaban J connectivity index is 1.69. The Kier molecular flexibility index (Phi) is 5.83. The van der Waals surface area contributed by atoms with Crippen LogP contribution in [-0.4, -0.2) is 38.6 Å². The van der Waals surface area contributed by atoms with E-state index in [1.165, 1.54) is 16.0 Å². The molecule has 29 heavy (non-hydrogen) atoms. The molecule has 0 radical (unpaired) electrons. The molecule has 0 aliphatic rings. The zero-order chi connectivity index (χ0) is 21.1. The van der Waals surface area contributed by atoms with Crippen LogP contribution in [-0.2, 0) is 18.8 Å². The van der Waals surface area contributed by atoms with E-state index in [-0.39, 0.29) is 29.1 Å². The van der Waals surface area contributed by atoms with Crippen LogP contribution >= 0.6 is 11.3 Å². The highest BCUT2D eigenvalue weighted by atomic mass is 32.1. The highest BCUT2D eigenvalue weighted by Crippen LogP contribution is 2.22. The molecule has 0 fully saturated rings. The number of carbonyl (C=O) groups is 3. The maximum atomic E-state index is 12.5. The van der Waals surface area contributed by atoms with Gasteiger partial charge in [-0.25, -0.2) is 9.59 Å². The van der Waals surface area contributed by atoms with E-state index in [4.69, 9.17) is 9.47 Å². The smallest absolute Gasteiger partial charge is 0.362 e. The molecule has 0 bridgehead atoms. The molecule has 0 atom stereocenters. The van der Waals surface area contributed by atoms with E-state index in [1.54, 1.807) is 37.8 Å². The maximum absolute atomic E-state index is 12.5. The zero-order valence-corrected chi connectivity index (χ0v) is 17.2. The molecule has 0 saturated heterocycles. The van der Waals surface area contributed by atoms with Crippen molar-refractivity contribution in [1.29, 1.82) is 0 Å². The van der Waals surface area contributed by atoms with Crippen LogP contribution in [0.3, 0.4) is 0 Å². The van der Waals surface area contributed by atoms with Gasteiger partial charge < -0.3 is 23.9 Å². The molecule has 3 aromatic rings. The first-order valence-electron chi connectivity index (χ1n) is 8.74. The highest BCUT2D eigenvalue weighted by molar-refractivity contribution is 7.11. The minimum Gasteiger partial charge on any atom is -0.461 e. The molecule has 0 unspecified atom stereocenters. The third-order valence-electron chi connectivity index (χ3n) is 3.99. The molecule has 10 heteroatoms. The first-order chi connectivity index (χ1) is 13.8. The van der Waals surface area contributed by atoms with E-state index in [0.717, 1.165) is 16.9 Å². The number of amides is 1. The summed E-state index contributed by atoms with van der Waals surface area (Å²) in [6, 6.07) is 3.28. The standard InChI is InChI=1S/C19H20N4O5S/c1-5-27-17(25)13-10-29-19(21-13)28-18(26)15-7-12(9-23(15)4)20-16(24)14-6-11(2)8-22(14)3/h6-10H,5H2,1-4H3,(H,20,24). The normalized spacial score (nSPS) is 10.6. The van der Waals surface area contributed by atoms with E-state index < -0.39 is 11.9 Å². The molecule has 152 valence electrons.